The second-order valence-electron chi connectivity index (χ2n) is 3.65. The maximum Gasteiger partial charge on any atom is 0.132 e. The van der Waals surface area contributed by atoms with Crippen LogP contribution in [0.1, 0.15) is 19.8 Å². The van der Waals surface area contributed by atoms with Crippen LogP contribution >= 0.6 is 11.8 Å². The zero-order chi connectivity index (χ0) is 11.8. The average molecular weight is 238 g/mol. The summed E-state index contributed by atoms with van der Waals surface area (Å²) in [6.07, 6.45) is 3.08. The molecule has 0 N–H and O–H groups in total. The van der Waals surface area contributed by atoms with Gasteiger partial charge in [0.25, 0.3) is 0 Å². The fourth-order valence-corrected chi connectivity index (χ4v) is 2.60. The molecule has 0 aliphatic carbocycles. The van der Waals surface area contributed by atoms with Crippen LogP contribution in [0.2, 0.25) is 0 Å². The number of hydrogen-bond acceptors (Lipinski definition) is 3. The molecule has 0 heterocycles. The molecule has 0 spiro atoms. The molecule has 0 unspecified atom stereocenters. The van der Waals surface area contributed by atoms with Gasteiger partial charge in [-0.15, -0.1) is 11.8 Å². The molecular weight excluding hydrogens is 220 g/mol. The van der Waals surface area contributed by atoms with E-state index in [0.29, 0.717) is 0 Å². The summed E-state index contributed by atoms with van der Waals surface area (Å²) < 4.78 is 5.26. The summed E-state index contributed by atoms with van der Waals surface area (Å²) in [6.45, 7) is 2.10. The Balaban J connectivity index is 2.55. The van der Waals surface area contributed by atoms with Gasteiger partial charge >= 0.3 is 0 Å². The van der Waals surface area contributed by atoms with Crippen LogP contribution in [0, 0.1) is 5.92 Å². The first-order valence-corrected chi connectivity index (χ1v) is 6.51. The molecular formula is C13H18O2S. The Morgan fingerprint density at radius 1 is 1.44 bits per heavy atom. The van der Waals surface area contributed by atoms with Gasteiger partial charge in [0.05, 0.1) is 7.11 Å². The molecule has 0 amide bonds. The van der Waals surface area contributed by atoms with Crippen LogP contribution in [-0.2, 0) is 4.79 Å². The first-order chi connectivity index (χ1) is 7.81. The van der Waals surface area contributed by atoms with Crippen LogP contribution in [-0.4, -0.2) is 19.1 Å². The van der Waals surface area contributed by atoms with Gasteiger partial charge in [-0.25, -0.2) is 0 Å². The van der Waals surface area contributed by atoms with Crippen LogP contribution in [0.15, 0.2) is 29.2 Å². The van der Waals surface area contributed by atoms with Gasteiger partial charge in [0.1, 0.15) is 12.0 Å². The number of carbonyl (C=O) groups is 1. The lowest BCUT2D eigenvalue weighted by Gasteiger charge is -2.10. The zero-order valence-corrected chi connectivity index (χ0v) is 10.6. The lowest BCUT2D eigenvalue weighted by molar-refractivity contribution is -0.110. The smallest absolute Gasteiger partial charge is 0.132 e. The summed E-state index contributed by atoms with van der Waals surface area (Å²) in [5, 5.41) is 0. The highest BCUT2D eigenvalue weighted by molar-refractivity contribution is 7.99. The number of benzene rings is 1. The summed E-state index contributed by atoms with van der Waals surface area (Å²) in [4.78, 5) is 11.9. The summed E-state index contributed by atoms with van der Waals surface area (Å²) in [6, 6.07) is 7.90. The maximum atomic E-state index is 10.8. The molecule has 1 rings (SSSR count). The second-order valence-corrected chi connectivity index (χ2v) is 4.71. The molecule has 0 radical (unpaired) electrons. The predicted molar refractivity (Wildman–Crippen MR) is 68.2 cm³/mol. The van der Waals surface area contributed by atoms with Crippen molar-refractivity contribution in [3.05, 3.63) is 24.3 Å². The monoisotopic (exact) mass is 238 g/mol. The van der Waals surface area contributed by atoms with Crippen molar-refractivity contribution in [1.82, 2.24) is 0 Å². The summed E-state index contributed by atoms with van der Waals surface area (Å²) >= 11 is 1.69. The molecule has 1 aromatic rings. The Kier molecular flexibility index (Phi) is 6.01. The summed E-state index contributed by atoms with van der Waals surface area (Å²) in [7, 11) is 1.67. The minimum Gasteiger partial charge on any atom is -0.496 e. The number of para-hydroxylation sites is 1. The number of ether oxygens (including phenoxy) is 1. The molecule has 0 saturated heterocycles. The van der Waals surface area contributed by atoms with Crippen molar-refractivity contribution in [2.45, 2.75) is 24.7 Å². The van der Waals surface area contributed by atoms with Crippen LogP contribution in [0.4, 0.5) is 0 Å². The number of thioether (sulfide) groups is 1. The molecule has 2 nitrogen and oxygen atoms in total. The highest BCUT2D eigenvalue weighted by atomic mass is 32.2. The lowest BCUT2D eigenvalue weighted by atomic mass is 10.1. The molecule has 3 heteroatoms. The van der Waals surface area contributed by atoms with Gasteiger partial charge in [0.15, 0.2) is 0 Å². The Labute approximate surface area is 101 Å². The van der Waals surface area contributed by atoms with E-state index in [9.17, 15) is 4.79 Å². The molecule has 16 heavy (non-hydrogen) atoms. The lowest BCUT2D eigenvalue weighted by Crippen LogP contribution is -2.04. The highest BCUT2D eigenvalue weighted by Gasteiger charge is 2.09. The van der Waals surface area contributed by atoms with Crippen molar-refractivity contribution in [3.8, 4) is 5.75 Å². The highest BCUT2D eigenvalue weighted by Crippen LogP contribution is 2.30. The van der Waals surface area contributed by atoms with E-state index in [1.165, 1.54) is 0 Å². The quantitative estimate of drug-likeness (QED) is 0.538. The standard InChI is InChI=1S/C13H18O2S/c1-3-6-11(9-14)10-16-13-8-5-4-7-12(13)15-2/h4-5,7-9,11H,3,6,10H2,1-2H3/t11-/m1/s1. The fourth-order valence-electron chi connectivity index (χ4n) is 1.50. The molecule has 1 aromatic carbocycles. The van der Waals surface area contributed by atoms with Gasteiger partial charge in [-0.3, -0.25) is 0 Å². The Morgan fingerprint density at radius 3 is 2.81 bits per heavy atom. The van der Waals surface area contributed by atoms with Crippen molar-refractivity contribution < 1.29 is 9.53 Å². The average Bonchev–Trinajstić information content (AvgIpc) is 2.34. The number of hydrogen-bond donors (Lipinski definition) is 0. The number of methoxy groups -OCH3 is 1. The first-order valence-electron chi connectivity index (χ1n) is 5.53. The SMILES string of the molecule is CCC[C@H](C=O)CSc1ccccc1OC. The van der Waals surface area contributed by atoms with E-state index in [2.05, 4.69) is 6.92 Å². The minimum atomic E-state index is 0.153. The van der Waals surface area contributed by atoms with E-state index >= 15 is 0 Å². The van der Waals surface area contributed by atoms with Crippen LogP contribution < -0.4 is 4.74 Å². The zero-order valence-electron chi connectivity index (χ0n) is 9.81. The van der Waals surface area contributed by atoms with E-state index < -0.39 is 0 Å². The molecule has 0 fully saturated rings. The van der Waals surface area contributed by atoms with Crippen LogP contribution in [0.3, 0.4) is 0 Å². The third-order valence-corrected chi connectivity index (χ3v) is 3.62. The van der Waals surface area contributed by atoms with Crippen LogP contribution in [0.25, 0.3) is 0 Å². The number of aldehydes is 1. The fraction of sp³-hybridized carbons (Fsp3) is 0.462. The summed E-state index contributed by atoms with van der Waals surface area (Å²) in [5.41, 5.74) is 0. The topological polar surface area (TPSA) is 26.3 Å². The molecule has 0 aromatic heterocycles. The first kappa shape index (κ1) is 13.1. The van der Waals surface area contributed by atoms with E-state index in [1.807, 2.05) is 24.3 Å². The number of carbonyl (C=O) groups excluding carboxylic acids is 1. The van der Waals surface area contributed by atoms with Gasteiger partial charge < -0.3 is 9.53 Å². The van der Waals surface area contributed by atoms with E-state index in [1.54, 1.807) is 18.9 Å². The van der Waals surface area contributed by atoms with Gasteiger partial charge in [-0.05, 0) is 18.6 Å². The molecule has 0 saturated carbocycles. The van der Waals surface area contributed by atoms with E-state index in [0.717, 1.165) is 35.5 Å². The third-order valence-electron chi connectivity index (χ3n) is 2.37. The minimum absolute atomic E-state index is 0.153. The Bertz CT molecular complexity index is 325. The normalized spacial score (nSPS) is 12.1. The molecule has 88 valence electrons. The van der Waals surface area contributed by atoms with Crippen molar-refractivity contribution >= 4 is 18.0 Å². The Hall–Kier alpha value is -0.960. The van der Waals surface area contributed by atoms with Crippen LogP contribution in [0.5, 0.6) is 5.75 Å². The molecule has 0 aliphatic heterocycles. The predicted octanol–water partition coefficient (Wildman–Crippen LogP) is 3.40. The third kappa shape index (κ3) is 3.89. The van der Waals surface area contributed by atoms with Gasteiger partial charge in [-0.2, -0.15) is 0 Å². The van der Waals surface area contributed by atoms with Crippen molar-refractivity contribution in [2.24, 2.45) is 5.92 Å². The van der Waals surface area contributed by atoms with Crippen molar-refractivity contribution in [2.75, 3.05) is 12.9 Å². The van der Waals surface area contributed by atoms with Gasteiger partial charge in [0.2, 0.25) is 0 Å². The van der Waals surface area contributed by atoms with Crippen molar-refractivity contribution in [1.29, 1.82) is 0 Å². The largest absolute Gasteiger partial charge is 0.496 e. The van der Waals surface area contributed by atoms with Crippen molar-refractivity contribution in [3.63, 3.8) is 0 Å². The van der Waals surface area contributed by atoms with E-state index in [4.69, 9.17) is 4.74 Å². The molecule has 0 bridgehead atoms. The molecule has 1 atom stereocenters. The maximum absolute atomic E-state index is 10.8. The van der Waals surface area contributed by atoms with Gasteiger partial charge in [-0.1, -0.05) is 25.5 Å². The van der Waals surface area contributed by atoms with E-state index in [-0.39, 0.29) is 5.92 Å². The Morgan fingerprint density at radius 2 is 2.19 bits per heavy atom. The van der Waals surface area contributed by atoms with Gasteiger partial charge in [0, 0.05) is 16.6 Å². The second kappa shape index (κ2) is 7.34. The summed E-state index contributed by atoms with van der Waals surface area (Å²) in [5.74, 6) is 1.87. The number of rotatable bonds is 7. The molecule has 0 aliphatic rings.